The molecule has 0 aromatic heterocycles. The first kappa shape index (κ1) is 16.8. The van der Waals surface area contributed by atoms with Crippen molar-refractivity contribution in [3.05, 3.63) is 34.6 Å². The second-order valence-corrected chi connectivity index (χ2v) is 5.08. The molecule has 0 unspecified atom stereocenters. The lowest BCUT2D eigenvalue weighted by molar-refractivity contribution is -0.135. The lowest BCUT2D eigenvalue weighted by Gasteiger charge is -2.09. The van der Waals surface area contributed by atoms with Crippen LogP contribution in [-0.4, -0.2) is 25.6 Å². The molecule has 1 aromatic carbocycles. The molecule has 110 valence electrons. The number of benzene rings is 1. The zero-order valence-corrected chi connectivity index (χ0v) is 12.6. The van der Waals surface area contributed by atoms with E-state index < -0.39 is 28.3 Å². The number of thioether (sulfide) groups is 2. The van der Waals surface area contributed by atoms with Crippen molar-refractivity contribution >= 4 is 35.2 Å². The lowest BCUT2D eigenvalue weighted by Crippen LogP contribution is -2.05. The van der Waals surface area contributed by atoms with Crippen LogP contribution in [0.4, 0.5) is 18.9 Å². The van der Waals surface area contributed by atoms with Gasteiger partial charge in [0, 0.05) is 12.3 Å². The zero-order chi connectivity index (χ0) is 15.3. The average Bonchev–Trinajstić information content (AvgIpc) is 2.45. The molecule has 0 aliphatic heterocycles. The first-order valence-corrected chi connectivity index (χ1v) is 7.71. The van der Waals surface area contributed by atoms with Crippen LogP contribution in [-0.2, 0) is 9.53 Å². The maximum absolute atomic E-state index is 13.9. The van der Waals surface area contributed by atoms with Crippen LogP contribution in [0.1, 0.15) is 0 Å². The van der Waals surface area contributed by atoms with Crippen molar-refractivity contribution < 1.29 is 22.7 Å². The third-order valence-electron chi connectivity index (χ3n) is 2.29. The quantitative estimate of drug-likeness (QED) is 0.388. The van der Waals surface area contributed by atoms with Crippen LogP contribution in [0.3, 0.4) is 0 Å². The van der Waals surface area contributed by atoms with E-state index in [0.29, 0.717) is 6.07 Å². The van der Waals surface area contributed by atoms with Gasteiger partial charge in [-0.2, -0.15) is 0 Å². The molecule has 1 aromatic rings. The first-order valence-electron chi connectivity index (χ1n) is 5.26. The van der Waals surface area contributed by atoms with Crippen molar-refractivity contribution in [2.24, 2.45) is 0 Å². The minimum Gasteiger partial charge on any atom is -0.465 e. The standard InChI is InChI=1S/C12H12F3NO2S2/c1-18-12(17)8(19-2)5-16-7-4-6(13)9(14)11(20-3)10(7)15/h4-5,16H,1-3H3. The minimum atomic E-state index is -1.23. The number of hydrogen-bond donors (Lipinski definition) is 1. The molecule has 0 aliphatic rings. The number of halogens is 3. The van der Waals surface area contributed by atoms with Gasteiger partial charge in [-0.1, -0.05) is 0 Å². The number of anilines is 1. The third kappa shape index (κ3) is 3.63. The highest BCUT2D eigenvalue weighted by molar-refractivity contribution is 8.03. The van der Waals surface area contributed by atoms with E-state index in [2.05, 4.69) is 10.1 Å². The second kappa shape index (κ2) is 7.49. The maximum Gasteiger partial charge on any atom is 0.345 e. The fraction of sp³-hybridized carbons (Fsp3) is 0.250. The number of nitrogens with one attached hydrogen (secondary N) is 1. The van der Waals surface area contributed by atoms with Gasteiger partial charge in [-0.15, -0.1) is 23.5 Å². The Morgan fingerprint density at radius 3 is 2.45 bits per heavy atom. The van der Waals surface area contributed by atoms with Gasteiger partial charge in [0.05, 0.1) is 17.7 Å². The number of esters is 1. The molecule has 20 heavy (non-hydrogen) atoms. The van der Waals surface area contributed by atoms with Crippen molar-refractivity contribution in [2.45, 2.75) is 4.90 Å². The molecular formula is C12H12F3NO2S2. The summed E-state index contributed by atoms with van der Waals surface area (Å²) in [6.45, 7) is 0. The van der Waals surface area contributed by atoms with Crippen molar-refractivity contribution in [1.82, 2.24) is 0 Å². The number of methoxy groups -OCH3 is 1. The molecule has 0 saturated heterocycles. The molecule has 8 heteroatoms. The number of carbonyl (C=O) groups excluding carboxylic acids is 1. The summed E-state index contributed by atoms with van der Waals surface area (Å²) >= 11 is 1.83. The van der Waals surface area contributed by atoms with Crippen molar-refractivity contribution in [2.75, 3.05) is 24.9 Å². The van der Waals surface area contributed by atoms with Gasteiger partial charge in [-0.25, -0.2) is 18.0 Å². The molecule has 0 amide bonds. The van der Waals surface area contributed by atoms with Crippen LogP contribution >= 0.6 is 23.5 Å². The fourth-order valence-electron chi connectivity index (χ4n) is 1.31. The lowest BCUT2D eigenvalue weighted by atomic mass is 10.3. The molecule has 0 saturated carbocycles. The van der Waals surface area contributed by atoms with Gasteiger partial charge < -0.3 is 10.1 Å². The highest BCUT2D eigenvalue weighted by Gasteiger charge is 2.18. The molecule has 3 nitrogen and oxygen atoms in total. The van der Waals surface area contributed by atoms with Crippen LogP contribution < -0.4 is 5.32 Å². The van der Waals surface area contributed by atoms with Gasteiger partial charge in [0.1, 0.15) is 4.91 Å². The summed E-state index contributed by atoms with van der Waals surface area (Å²) in [6, 6.07) is 0.691. The topological polar surface area (TPSA) is 38.3 Å². The highest BCUT2D eigenvalue weighted by atomic mass is 32.2. The number of rotatable bonds is 5. The summed E-state index contributed by atoms with van der Waals surface area (Å²) < 4.78 is 45.1. The minimum absolute atomic E-state index is 0.169. The Hall–Kier alpha value is -1.28. The molecule has 0 fully saturated rings. The molecule has 0 radical (unpaired) electrons. The monoisotopic (exact) mass is 323 g/mol. The van der Waals surface area contributed by atoms with Crippen LogP contribution in [0.5, 0.6) is 0 Å². The van der Waals surface area contributed by atoms with Gasteiger partial charge in [0.25, 0.3) is 0 Å². The number of hydrogen-bond acceptors (Lipinski definition) is 5. The van der Waals surface area contributed by atoms with E-state index in [9.17, 15) is 18.0 Å². The van der Waals surface area contributed by atoms with Gasteiger partial charge in [0.15, 0.2) is 17.5 Å². The van der Waals surface area contributed by atoms with E-state index in [1.807, 2.05) is 0 Å². The van der Waals surface area contributed by atoms with Crippen LogP contribution in [0.2, 0.25) is 0 Å². The van der Waals surface area contributed by atoms with Crippen LogP contribution in [0, 0.1) is 17.5 Å². The van der Waals surface area contributed by atoms with Crippen LogP contribution in [0.15, 0.2) is 22.1 Å². The Labute approximate surface area is 122 Å². The van der Waals surface area contributed by atoms with Gasteiger partial charge in [-0.05, 0) is 12.5 Å². The summed E-state index contributed by atoms with van der Waals surface area (Å²) in [5.74, 6) is -3.94. The third-order valence-corrected chi connectivity index (χ3v) is 3.78. The normalized spacial score (nSPS) is 11.4. The van der Waals surface area contributed by atoms with Gasteiger partial charge in [0.2, 0.25) is 0 Å². The summed E-state index contributed by atoms with van der Waals surface area (Å²) in [5.41, 5.74) is -0.260. The highest BCUT2D eigenvalue weighted by Crippen LogP contribution is 2.30. The first-order chi connectivity index (χ1) is 9.46. The number of carbonyl (C=O) groups is 1. The molecule has 0 aliphatic carbocycles. The molecular weight excluding hydrogens is 311 g/mol. The summed E-state index contributed by atoms with van der Waals surface area (Å²) in [6.07, 6.45) is 4.23. The van der Waals surface area contributed by atoms with E-state index in [1.54, 1.807) is 6.26 Å². The summed E-state index contributed by atoms with van der Waals surface area (Å²) in [5, 5.41) is 2.44. The van der Waals surface area contributed by atoms with E-state index in [1.165, 1.54) is 19.6 Å². The molecule has 1 rings (SSSR count). The summed E-state index contributed by atoms with van der Waals surface area (Å²) in [7, 11) is 1.20. The van der Waals surface area contributed by atoms with E-state index in [4.69, 9.17) is 0 Å². The Kier molecular flexibility index (Phi) is 6.28. The summed E-state index contributed by atoms with van der Waals surface area (Å²) in [4.78, 5) is 11.1. The van der Waals surface area contributed by atoms with Crippen LogP contribution in [0.25, 0.3) is 0 Å². The zero-order valence-electron chi connectivity index (χ0n) is 10.9. The van der Waals surface area contributed by atoms with Gasteiger partial charge >= 0.3 is 5.97 Å². The molecule has 0 atom stereocenters. The average molecular weight is 323 g/mol. The Bertz CT molecular complexity index is 550. The smallest absolute Gasteiger partial charge is 0.345 e. The SMILES string of the molecule is COC(=O)C(=CNc1cc(F)c(F)c(SC)c1F)SC. The second-order valence-electron chi connectivity index (χ2n) is 3.42. The van der Waals surface area contributed by atoms with E-state index in [0.717, 1.165) is 23.5 Å². The molecule has 1 N–H and O–H groups in total. The Balaban J connectivity index is 3.13. The van der Waals surface area contributed by atoms with Crippen molar-refractivity contribution in [3.8, 4) is 0 Å². The predicted octanol–water partition coefficient (Wildman–Crippen LogP) is 3.62. The largest absolute Gasteiger partial charge is 0.465 e. The van der Waals surface area contributed by atoms with E-state index >= 15 is 0 Å². The Morgan fingerprint density at radius 2 is 1.95 bits per heavy atom. The van der Waals surface area contributed by atoms with E-state index in [-0.39, 0.29) is 10.6 Å². The van der Waals surface area contributed by atoms with Crippen molar-refractivity contribution in [3.63, 3.8) is 0 Å². The fourth-order valence-corrected chi connectivity index (χ4v) is 2.30. The van der Waals surface area contributed by atoms with Gasteiger partial charge in [-0.3, -0.25) is 0 Å². The molecule has 0 heterocycles. The Morgan fingerprint density at radius 1 is 1.30 bits per heavy atom. The predicted molar refractivity (Wildman–Crippen MR) is 75.3 cm³/mol. The van der Waals surface area contributed by atoms with Crippen molar-refractivity contribution in [1.29, 1.82) is 0 Å². The number of ether oxygens (including phenoxy) is 1. The maximum atomic E-state index is 13.9. The molecule has 0 bridgehead atoms. The molecule has 0 spiro atoms.